The first-order chi connectivity index (χ1) is 6.58. The summed E-state index contributed by atoms with van der Waals surface area (Å²) in [5, 5.41) is 12.6. The molecule has 0 unspecified atom stereocenters. The number of nitrogens with one attached hydrogen (secondary N) is 1. The maximum Gasteiger partial charge on any atom is 0.220 e. The number of rotatable bonds is 7. The van der Waals surface area contributed by atoms with Gasteiger partial charge in [-0.1, -0.05) is 19.9 Å². The highest BCUT2D eigenvalue weighted by atomic mass is 16.3. The second-order valence-corrected chi connectivity index (χ2v) is 3.54. The van der Waals surface area contributed by atoms with Gasteiger partial charge in [-0.2, -0.15) is 0 Å². The van der Waals surface area contributed by atoms with Crippen molar-refractivity contribution in [3.63, 3.8) is 0 Å². The highest BCUT2D eigenvalue weighted by Crippen LogP contribution is 2.12. The van der Waals surface area contributed by atoms with E-state index in [1.807, 2.05) is 13.8 Å². The molecule has 0 radical (unpaired) electrons. The number of hydrogen-bond donors (Lipinski definition) is 2. The molecule has 0 bridgehead atoms. The van der Waals surface area contributed by atoms with Crippen molar-refractivity contribution in [1.82, 2.24) is 5.32 Å². The van der Waals surface area contributed by atoms with Crippen molar-refractivity contribution < 1.29 is 9.90 Å². The average Bonchev–Trinajstić information content (AvgIpc) is 2.23. The van der Waals surface area contributed by atoms with Crippen molar-refractivity contribution in [2.24, 2.45) is 0 Å². The molecule has 1 amide bonds. The molecule has 0 saturated carbocycles. The summed E-state index contributed by atoms with van der Waals surface area (Å²) in [4.78, 5) is 11.2. The highest BCUT2D eigenvalue weighted by Gasteiger charge is 2.22. The Morgan fingerprint density at radius 2 is 2.07 bits per heavy atom. The predicted molar refractivity (Wildman–Crippen MR) is 58.0 cm³/mol. The van der Waals surface area contributed by atoms with Gasteiger partial charge >= 0.3 is 0 Å². The number of allylic oxidation sites excluding steroid dienone is 1. The van der Waals surface area contributed by atoms with E-state index in [1.54, 1.807) is 6.08 Å². The summed E-state index contributed by atoms with van der Waals surface area (Å²) in [6.45, 7) is 7.72. The van der Waals surface area contributed by atoms with Crippen LogP contribution in [-0.2, 0) is 4.79 Å². The lowest BCUT2D eigenvalue weighted by atomic mass is 9.97. The Morgan fingerprint density at radius 3 is 2.50 bits per heavy atom. The van der Waals surface area contributed by atoms with Crippen LogP contribution in [0.4, 0.5) is 0 Å². The zero-order chi connectivity index (χ0) is 11.0. The first-order valence-corrected chi connectivity index (χ1v) is 5.18. The third-order valence-corrected chi connectivity index (χ3v) is 2.51. The molecule has 2 N–H and O–H groups in total. The molecule has 0 heterocycles. The van der Waals surface area contributed by atoms with Crippen LogP contribution in [-0.4, -0.2) is 23.2 Å². The van der Waals surface area contributed by atoms with Crippen LogP contribution in [0.5, 0.6) is 0 Å². The molecule has 0 fully saturated rings. The van der Waals surface area contributed by atoms with Crippen molar-refractivity contribution in [3.05, 3.63) is 12.7 Å². The molecule has 0 aliphatic rings. The minimum absolute atomic E-state index is 0.0229. The molecule has 0 aliphatic carbocycles. The Bertz CT molecular complexity index is 186. The molecule has 0 atom stereocenters. The van der Waals surface area contributed by atoms with Gasteiger partial charge in [-0.15, -0.1) is 6.58 Å². The van der Waals surface area contributed by atoms with Gasteiger partial charge < -0.3 is 10.4 Å². The van der Waals surface area contributed by atoms with Crippen molar-refractivity contribution in [2.75, 3.05) is 6.54 Å². The van der Waals surface area contributed by atoms with Crippen molar-refractivity contribution >= 4 is 5.91 Å². The first kappa shape index (κ1) is 13.2. The van der Waals surface area contributed by atoms with Gasteiger partial charge in [-0.3, -0.25) is 4.79 Å². The van der Waals surface area contributed by atoms with Crippen LogP contribution in [0.25, 0.3) is 0 Å². The van der Waals surface area contributed by atoms with Gasteiger partial charge in [0.25, 0.3) is 0 Å². The van der Waals surface area contributed by atoms with E-state index >= 15 is 0 Å². The highest BCUT2D eigenvalue weighted by molar-refractivity contribution is 5.76. The number of hydrogen-bond acceptors (Lipinski definition) is 2. The van der Waals surface area contributed by atoms with Crippen LogP contribution in [0.1, 0.15) is 39.5 Å². The Balaban J connectivity index is 3.79. The summed E-state index contributed by atoms with van der Waals surface area (Å²) in [5.41, 5.74) is -0.746. The van der Waals surface area contributed by atoms with Gasteiger partial charge in [-0.25, -0.2) is 0 Å². The summed E-state index contributed by atoms with van der Waals surface area (Å²) in [7, 11) is 0. The summed E-state index contributed by atoms with van der Waals surface area (Å²) < 4.78 is 0. The zero-order valence-corrected chi connectivity index (χ0v) is 9.18. The fourth-order valence-electron chi connectivity index (χ4n) is 1.08. The molecule has 0 rings (SSSR count). The standard InChI is InChI=1S/C11H21NO2/c1-4-7-8-10(13)12-9-11(14,5-2)6-3/h4,14H,1,5-9H2,2-3H3,(H,12,13). The lowest BCUT2D eigenvalue weighted by molar-refractivity contribution is -0.122. The average molecular weight is 199 g/mol. The van der Waals surface area contributed by atoms with E-state index in [-0.39, 0.29) is 5.91 Å². The number of amides is 1. The number of carbonyl (C=O) groups excluding carboxylic acids is 1. The Kier molecular flexibility index (Phi) is 6.21. The largest absolute Gasteiger partial charge is 0.388 e. The topological polar surface area (TPSA) is 49.3 Å². The van der Waals surface area contributed by atoms with Crippen LogP contribution in [0.2, 0.25) is 0 Å². The van der Waals surface area contributed by atoms with Gasteiger partial charge in [0.15, 0.2) is 0 Å². The molecular weight excluding hydrogens is 178 g/mol. The number of carbonyl (C=O) groups is 1. The first-order valence-electron chi connectivity index (χ1n) is 5.18. The minimum atomic E-state index is -0.746. The fraction of sp³-hybridized carbons (Fsp3) is 0.727. The van der Waals surface area contributed by atoms with Crippen LogP contribution >= 0.6 is 0 Å². The third kappa shape index (κ3) is 5.02. The van der Waals surface area contributed by atoms with E-state index in [9.17, 15) is 9.90 Å². The monoisotopic (exact) mass is 199 g/mol. The van der Waals surface area contributed by atoms with Crippen molar-refractivity contribution in [2.45, 2.75) is 45.1 Å². The SMILES string of the molecule is C=CCCC(=O)NCC(O)(CC)CC. The van der Waals surface area contributed by atoms with E-state index in [2.05, 4.69) is 11.9 Å². The summed E-state index contributed by atoms with van der Waals surface area (Å²) in [5.74, 6) is -0.0229. The van der Waals surface area contributed by atoms with E-state index < -0.39 is 5.60 Å². The van der Waals surface area contributed by atoms with E-state index in [1.165, 1.54) is 0 Å². The van der Waals surface area contributed by atoms with E-state index in [0.717, 1.165) is 0 Å². The molecule has 0 saturated heterocycles. The molecule has 3 nitrogen and oxygen atoms in total. The Hall–Kier alpha value is -0.830. The van der Waals surface area contributed by atoms with Gasteiger partial charge in [0, 0.05) is 13.0 Å². The molecule has 82 valence electrons. The molecule has 0 spiro atoms. The maximum absolute atomic E-state index is 11.2. The maximum atomic E-state index is 11.2. The smallest absolute Gasteiger partial charge is 0.220 e. The van der Waals surface area contributed by atoms with Gasteiger partial charge in [0.05, 0.1) is 5.60 Å². The van der Waals surface area contributed by atoms with Gasteiger partial charge in [0.1, 0.15) is 0 Å². The van der Waals surface area contributed by atoms with Gasteiger partial charge in [0.2, 0.25) is 5.91 Å². The Labute approximate surface area is 86.2 Å². The molecule has 0 aromatic carbocycles. The predicted octanol–water partition coefficient (Wildman–Crippen LogP) is 1.62. The minimum Gasteiger partial charge on any atom is -0.388 e. The van der Waals surface area contributed by atoms with Crippen LogP contribution in [0.3, 0.4) is 0 Å². The summed E-state index contributed by atoms with van der Waals surface area (Å²) in [6, 6.07) is 0. The zero-order valence-electron chi connectivity index (χ0n) is 9.18. The molecule has 14 heavy (non-hydrogen) atoms. The third-order valence-electron chi connectivity index (χ3n) is 2.51. The lowest BCUT2D eigenvalue weighted by Gasteiger charge is -2.25. The van der Waals surface area contributed by atoms with Crippen molar-refractivity contribution in [1.29, 1.82) is 0 Å². The Morgan fingerprint density at radius 1 is 1.50 bits per heavy atom. The number of aliphatic hydroxyl groups is 1. The molecule has 0 aromatic heterocycles. The second-order valence-electron chi connectivity index (χ2n) is 3.54. The normalized spacial score (nSPS) is 11.1. The van der Waals surface area contributed by atoms with Crippen LogP contribution in [0.15, 0.2) is 12.7 Å². The second kappa shape index (κ2) is 6.60. The van der Waals surface area contributed by atoms with Crippen LogP contribution in [0, 0.1) is 0 Å². The summed E-state index contributed by atoms with van der Waals surface area (Å²) >= 11 is 0. The van der Waals surface area contributed by atoms with Gasteiger partial charge in [-0.05, 0) is 19.3 Å². The molecule has 3 heteroatoms. The lowest BCUT2D eigenvalue weighted by Crippen LogP contribution is -2.41. The van der Waals surface area contributed by atoms with E-state index in [0.29, 0.717) is 32.2 Å². The molecule has 0 aromatic rings. The van der Waals surface area contributed by atoms with E-state index in [4.69, 9.17) is 0 Å². The molecule has 0 aliphatic heterocycles. The quantitative estimate of drug-likeness (QED) is 0.612. The summed E-state index contributed by atoms with van der Waals surface area (Å²) in [6.07, 6.45) is 4.16. The van der Waals surface area contributed by atoms with Crippen molar-refractivity contribution in [3.8, 4) is 0 Å². The van der Waals surface area contributed by atoms with Crippen LogP contribution < -0.4 is 5.32 Å². The molecular formula is C11H21NO2. The fourth-order valence-corrected chi connectivity index (χ4v) is 1.08.